The molecule has 0 aliphatic heterocycles. The molecule has 0 saturated heterocycles. The van der Waals surface area contributed by atoms with Crippen molar-refractivity contribution in [1.29, 1.82) is 0 Å². The van der Waals surface area contributed by atoms with E-state index in [-0.39, 0.29) is 0 Å². The first kappa shape index (κ1) is 13.6. The van der Waals surface area contributed by atoms with Gasteiger partial charge in [0.05, 0.1) is 5.66 Å². The van der Waals surface area contributed by atoms with Gasteiger partial charge in [0.2, 0.25) is 0 Å². The van der Waals surface area contributed by atoms with Crippen molar-refractivity contribution < 1.29 is 4.74 Å². The molecule has 0 fully saturated rings. The maximum atomic E-state index is 5.76. The van der Waals surface area contributed by atoms with Crippen LogP contribution in [0.4, 0.5) is 0 Å². The second-order valence-corrected chi connectivity index (χ2v) is 4.08. The standard InChI is InChI=1S/C12H14N2.C2H6O/c13-12(14)8-6-11(7-9-12)10-4-2-1-3-5-10;1-3-2/h1-8H,9,13-14H2;1-2H3. The molecule has 0 radical (unpaired) electrons. The van der Waals surface area contributed by atoms with Gasteiger partial charge in [0.15, 0.2) is 0 Å². The van der Waals surface area contributed by atoms with Crippen LogP contribution in [0.25, 0.3) is 5.57 Å². The van der Waals surface area contributed by atoms with Crippen LogP contribution in [-0.4, -0.2) is 19.9 Å². The highest BCUT2D eigenvalue weighted by Crippen LogP contribution is 2.22. The van der Waals surface area contributed by atoms with Gasteiger partial charge in [0, 0.05) is 20.6 Å². The molecule has 0 bridgehead atoms. The Balaban J connectivity index is 0.000000437. The van der Waals surface area contributed by atoms with Crippen LogP contribution in [0.2, 0.25) is 0 Å². The molecule has 0 saturated carbocycles. The first-order valence-electron chi connectivity index (χ1n) is 5.52. The average molecular weight is 232 g/mol. The fourth-order valence-corrected chi connectivity index (χ4v) is 1.51. The smallest absolute Gasteiger partial charge is 0.0867 e. The summed E-state index contributed by atoms with van der Waals surface area (Å²) in [6, 6.07) is 10.2. The van der Waals surface area contributed by atoms with Gasteiger partial charge in [-0.3, -0.25) is 0 Å². The first-order valence-corrected chi connectivity index (χ1v) is 5.52. The van der Waals surface area contributed by atoms with Crippen LogP contribution in [0, 0.1) is 0 Å². The van der Waals surface area contributed by atoms with Gasteiger partial charge in [-0.2, -0.15) is 0 Å². The summed E-state index contributed by atoms with van der Waals surface area (Å²) in [5, 5.41) is 0. The van der Waals surface area contributed by atoms with E-state index < -0.39 is 5.66 Å². The normalized spacial score (nSPS) is 16.8. The van der Waals surface area contributed by atoms with Crippen molar-refractivity contribution >= 4 is 5.57 Å². The molecule has 4 N–H and O–H groups in total. The maximum Gasteiger partial charge on any atom is 0.0867 e. The summed E-state index contributed by atoms with van der Waals surface area (Å²) in [5.41, 5.74) is 13.3. The van der Waals surface area contributed by atoms with Crippen molar-refractivity contribution in [1.82, 2.24) is 0 Å². The molecular weight excluding hydrogens is 212 g/mol. The van der Waals surface area contributed by atoms with E-state index in [0.717, 1.165) is 0 Å². The third kappa shape index (κ3) is 4.53. The third-order valence-electron chi connectivity index (χ3n) is 2.36. The van der Waals surface area contributed by atoms with E-state index in [1.165, 1.54) is 11.1 Å². The van der Waals surface area contributed by atoms with Gasteiger partial charge in [-0.15, -0.1) is 0 Å². The molecule has 3 nitrogen and oxygen atoms in total. The van der Waals surface area contributed by atoms with E-state index >= 15 is 0 Å². The highest BCUT2D eigenvalue weighted by Gasteiger charge is 2.16. The Morgan fingerprint density at radius 2 is 1.71 bits per heavy atom. The lowest BCUT2D eigenvalue weighted by Gasteiger charge is -2.22. The third-order valence-corrected chi connectivity index (χ3v) is 2.36. The van der Waals surface area contributed by atoms with Crippen LogP contribution in [0.15, 0.2) is 48.6 Å². The lowest BCUT2D eigenvalue weighted by molar-refractivity contribution is 0.277. The molecule has 0 heterocycles. The molecule has 0 atom stereocenters. The van der Waals surface area contributed by atoms with Crippen LogP contribution >= 0.6 is 0 Å². The fourth-order valence-electron chi connectivity index (χ4n) is 1.51. The summed E-state index contributed by atoms with van der Waals surface area (Å²) < 4.78 is 4.25. The van der Waals surface area contributed by atoms with Crippen molar-refractivity contribution in [2.75, 3.05) is 14.2 Å². The second-order valence-electron chi connectivity index (χ2n) is 4.08. The van der Waals surface area contributed by atoms with Crippen molar-refractivity contribution in [3.63, 3.8) is 0 Å². The SMILES string of the molecule is COC.NC1(N)C=CC(c2ccccc2)=CC1. The molecule has 92 valence electrons. The minimum Gasteiger partial charge on any atom is -0.388 e. The van der Waals surface area contributed by atoms with Crippen LogP contribution in [-0.2, 0) is 4.74 Å². The zero-order chi connectivity index (χ0) is 12.7. The summed E-state index contributed by atoms with van der Waals surface area (Å²) in [6.07, 6.45) is 6.61. The topological polar surface area (TPSA) is 61.3 Å². The number of allylic oxidation sites excluding steroid dienone is 2. The van der Waals surface area contributed by atoms with Crippen molar-refractivity contribution in [3.8, 4) is 0 Å². The Labute approximate surface area is 103 Å². The summed E-state index contributed by atoms with van der Waals surface area (Å²) >= 11 is 0. The van der Waals surface area contributed by atoms with Gasteiger partial charge < -0.3 is 16.2 Å². The van der Waals surface area contributed by atoms with Crippen molar-refractivity contribution in [3.05, 3.63) is 54.1 Å². The molecule has 1 aromatic carbocycles. The van der Waals surface area contributed by atoms with Gasteiger partial charge in [0.25, 0.3) is 0 Å². The van der Waals surface area contributed by atoms with Crippen LogP contribution in [0.5, 0.6) is 0 Å². The van der Waals surface area contributed by atoms with E-state index in [0.29, 0.717) is 6.42 Å². The van der Waals surface area contributed by atoms with Crippen LogP contribution in [0.3, 0.4) is 0 Å². The Morgan fingerprint density at radius 1 is 1.12 bits per heavy atom. The van der Waals surface area contributed by atoms with Gasteiger partial charge in [-0.25, -0.2) is 0 Å². The maximum absolute atomic E-state index is 5.76. The van der Waals surface area contributed by atoms with E-state index in [9.17, 15) is 0 Å². The first-order chi connectivity index (χ1) is 8.09. The molecule has 3 heteroatoms. The van der Waals surface area contributed by atoms with Gasteiger partial charge in [-0.05, 0) is 17.2 Å². The zero-order valence-electron chi connectivity index (χ0n) is 10.4. The number of nitrogens with two attached hydrogens (primary N) is 2. The van der Waals surface area contributed by atoms with E-state index in [1.54, 1.807) is 14.2 Å². The number of hydrogen-bond donors (Lipinski definition) is 2. The Morgan fingerprint density at radius 3 is 2.18 bits per heavy atom. The molecule has 1 aromatic rings. The molecule has 0 unspecified atom stereocenters. The molecule has 0 spiro atoms. The second kappa shape index (κ2) is 6.35. The lowest BCUT2D eigenvalue weighted by atomic mass is 9.94. The van der Waals surface area contributed by atoms with Crippen molar-refractivity contribution in [2.45, 2.75) is 12.1 Å². The quantitative estimate of drug-likeness (QED) is 0.727. The zero-order valence-corrected chi connectivity index (χ0v) is 10.4. The molecule has 0 aromatic heterocycles. The highest BCUT2D eigenvalue weighted by atomic mass is 16.4. The molecular formula is C14H20N2O. The predicted octanol–water partition coefficient (Wildman–Crippen LogP) is 1.91. The van der Waals surface area contributed by atoms with Crippen molar-refractivity contribution in [2.24, 2.45) is 11.5 Å². The van der Waals surface area contributed by atoms with Crippen LogP contribution < -0.4 is 11.5 Å². The van der Waals surface area contributed by atoms with E-state index in [4.69, 9.17) is 11.5 Å². The lowest BCUT2D eigenvalue weighted by Crippen LogP contribution is -2.47. The predicted molar refractivity (Wildman–Crippen MR) is 72.2 cm³/mol. The van der Waals surface area contributed by atoms with E-state index in [1.807, 2.05) is 30.4 Å². The van der Waals surface area contributed by atoms with Gasteiger partial charge >= 0.3 is 0 Å². The molecule has 2 rings (SSSR count). The summed E-state index contributed by atoms with van der Waals surface area (Å²) in [6.45, 7) is 0. The average Bonchev–Trinajstić information content (AvgIpc) is 2.31. The number of methoxy groups -OCH3 is 1. The summed E-state index contributed by atoms with van der Waals surface area (Å²) in [5.74, 6) is 0. The molecule has 1 aliphatic rings. The molecule has 0 amide bonds. The molecule has 17 heavy (non-hydrogen) atoms. The Bertz CT molecular complexity index is 394. The minimum absolute atomic E-state index is 0.668. The highest BCUT2D eigenvalue weighted by molar-refractivity contribution is 5.75. The fraction of sp³-hybridized carbons (Fsp3) is 0.286. The number of hydrogen-bond acceptors (Lipinski definition) is 3. The number of benzene rings is 1. The van der Waals surface area contributed by atoms with Gasteiger partial charge in [-0.1, -0.05) is 42.5 Å². The Hall–Kier alpha value is -1.42. The van der Waals surface area contributed by atoms with Gasteiger partial charge in [0.1, 0.15) is 0 Å². The minimum atomic E-state index is -0.668. The monoisotopic (exact) mass is 232 g/mol. The summed E-state index contributed by atoms with van der Waals surface area (Å²) in [4.78, 5) is 0. The number of ether oxygens (including phenoxy) is 1. The Kier molecular flexibility index (Phi) is 5.10. The van der Waals surface area contributed by atoms with Crippen LogP contribution in [0.1, 0.15) is 12.0 Å². The molecule has 1 aliphatic carbocycles. The van der Waals surface area contributed by atoms with E-state index in [2.05, 4.69) is 22.9 Å². The largest absolute Gasteiger partial charge is 0.388 e. The summed E-state index contributed by atoms with van der Waals surface area (Å²) in [7, 11) is 3.25. The number of rotatable bonds is 1.